The number of aryl methyl sites for hydroxylation is 1. The molecule has 0 aliphatic carbocycles. The molecule has 0 unspecified atom stereocenters. The number of pyridine rings is 1. The fourth-order valence-corrected chi connectivity index (χ4v) is 4.02. The molecule has 1 aliphatic rings. The minimum Gasteiger partial charge on any atom is -0.379 e. The summed E-state index contributed by atoms with van der Waals surface area (Å²) in [6.07, 6.45) is 3.32. The summed E-state index contributed by atoms with van der Waals surface area (Å²) >= 11 is 1.62. The molecule has 1 amide bonds. The summed E-state index contributed by atoms with van der Waals surface area (Å²) in [7, 11) is 0. The minimum atomic E-state index is -0.144. The highest BCUT2D eigenvalue weighted by atomic mass is 32.1. The number of hydrogen-bond acceptors (Lipinski definition) is 5. The fraction of sp³-hybridized carbons (Fsp3) is 0.474. The molecule has 1 aliphatic heterocycles. The summed E-state index contributed by atoms with van der Waals surface area (Å²) in [5.74, 6) is -0.0388. The number of thiophene rings is 1. The zero-order valence-corrected chi connectivity index (χ0v) is 15.5. The fourth-order valence-electron chi connectivity index (χ4n) is 3.08. The third kappa shape index (κ3) is 4.45. The second kappa shape index (κ2) is 8.56. The highest BCUT2D eigenvalue weighted by Gasteiger charge is 2.29. The molecule has 6 heteroatoms. The second-order valence-electron chi connectivity index (χ2n) is 6.15. The maximum absolute atomic E-state index is 12.7. The molecule has 2 aromatic heterocycles. The van der Waals surface area contributed by atoms with Crippen molar-refractivity contribution < 1.29 is 14.3 Å². The van der Waals surface area contributed by atoms with Crippen LogP contribution in [0.4, 0.5) is 0 Å². The number of rotatable bonds is 6. The lowest BCUT2D eigenvalue weighted by Crippen LogP contribution is -2.50. The van der Waals surface area contributed by atoms with Crippen LogP contribution in [0.1, 0.15) is 39.8 Å². The van der Waals surface area contributed by atoms with Gasteiger partial charge >= 0.3 is 0 Å². The maximum atomic E-state index is 12.7. The highest BCUT2D eigenvalue weighted by Crippen LogP contribution is 2.23. The first kappa shape index (κ1) is 18.0. The average molecular weight is 360 g/mol. The molecule has 0 spiro atoms. The smallest absolute Gasteiger partial charge is 0.252 e. The van der Waals surface area contributed by atoms with Crippen molar-refractivity contribution in [2.45, 2.75) is 45.4 Å². The van der Waals surface area contributed by atoms with Crippen LogP contribution in [0.2, 0.25) is 0 Å². The minimum absolute atomic E-state index is 0.0388. The average Bonchev–Trinajstić information content (AvgIpc) is 3.02. The molecular formula is C19H24N2O3S. The summed E-state index contributed by atoms with van der Waals surface area (Å²) < 4.78 is 11.6. The Hall–Kier alpha value is -1.76. The van der Waals surface area contributed by atoms with E-state index in [0.717, 1.165) is 29.7 Å². The Morgan fingerprint density at radius 2 is 2.36 bits per heavy atom. The summed E-state index contributed by atoms with van der Waals surface area (Å²) in [5, 5.41) is 5.05. The second-order valence-corrected chi connectivity index (χ2v) is 7.24. The van der Waals surface area contributed by atoms with Crippen molar-refractivity contribution in [2.75, 3.05) is 13.2 Å². The number of hydrogen-bond donors (Lipinski definition) is 1. The Morgan fingerprint density at radius 1 is 1.48 bits per heavy atom. The van der Waals surface area contributed by atoms with Crippen LogP contribution in [0.5, 0.6) is 0 Å². The number of nitrogens with one attached hydrogen (secondary N) is 1. The van der Waals surface area contributed by atoms with Gasteiger partial charge in [-0.25, -0.2) is 0 Å². The van der Waals surface area contributed by atoms with Crippen LogP contribution < -0.4 is 5.32 Å². The van der Waals surface area contributed by atoms with Gasteiger partial charge in [-0.3, -0.25) is 9.78 Å². The van der Waals surface area contributed by atoms with Crippen LogP contribution in [-0.4, -0.2) is 36.3 Å². The van der Waals surface area contributed by atoms with E-state index < -0.39 is 0 Å². The number of amides is 1. The number of carbonyl (C=O) groups excluding carboxylic acids is 1. The molecule has 1 saturated heterocycles. The van der Waals surface area contributed by atoms with E-state index in [1.807, 2.05) is 23.6 Å². The van der Waals surface area contributed by atoms with Gasteiger partial charge in [-0.15, -0.1) is 11.3 Å². The van der Waals surface area contributed by atoms with Gasteiger partial charge in [0.1, 0.15) is 0 Å². The predicted octanol–water partition coefficient (Wildman–Crippen LogP) is 3.12. The van der Waals surface area contributed by atoms with Crippen molar-refractivity contribution >= 4 is 17.2 Å². The van der Waals surface area contributed by atoms with Crippen LogP contribution in [-0.2, 0) is 22.5 Å². The van der Waals surface area contributed by atoms with Gasteiger partial charge in [-0.05, 0) is 37.5 Å². The van der Waals surface area contributed by atoms with Crippen molar-refractivity contribution in [1.29, 1.82) is 0 Å². The van der Waals surface area contributed by atoms with E-state index in [1.165, 1.54) is 4.88 Å². The Kier molecular flexibility index (Phi) is 6.18. The molecule has 2 aromatic rings. The maximum Gasteiger partial charge on any atom is 0.252 e. The number of carbonyl (C=O) groups is 1. The number of aromatic nitrogens is 1. The van der Waals surface area contributed by atoms with Crippen molar-refractivity contribution in [3.63, 3.8) is 0 Å². The van der Waals surface area contributed by atoms with Crippen molar-refractivity contribution in [3.05, 3.63) is 51.5 Å². The van der Waals surface area contributed by atoms with Gasteiger partial charge in [0.15, 0.2) is 0 Å². The zero-order chi connectivity index (χ0) is 17.6. The van der Waals surface area contributed by atoms with Gasteiger partial charge in [0.05, 0.1) is 36.6 Å². The van der Waals surface area contributed by atoms with Gasteiger partial charge in [0, 0.05) is 23.1 Å². The van der Waals surface area contributed by atoms with Gasteiger partial charge in [0.2, 0.25) is 0 Å². The first-order valence-electron chi connectivity index (χ1n) is 8.66. The van der Waals surface area contributed by atoms with E-state index in [1.54, 1.807) is 17.5 Å². The van der Waals surface area contributed by atoms with Crippen LogP contribution in [0.3, 0.4) is 0 Å². The molecule has 0 aromatic carbocycles. The molecule has 1 N–H and O–H groups in total. The lowest BCUT2D eigenvalue weighted by atomic mass is 10.0. The normalized spacial score (nSPS) is 20.4. The Balaban J connectivity index is 1.63. The molecule has 0 radical (unpaired) electrons. The van der Waals surface area contributed by atoms with Crippen molar-refractivity contribution in [3.8, 4) is 0 Å². The Labute approximate surface area is 152 Å². The molecule has 134 valence electrons. The molecule has 3 heterocycles. The van der Waals surface area contributed by atoms with E-state index in [2.05, 4.69) is 24.1 Å². The van der Waals surface area contributed by atoms with Gasteiger partial charge in [-0.1, -0.05) is 13.0 Å². The molecule has 3 rings (SSSR count). The summed E-state index contributed by atoms with van der Waals surface area (Å²) in [6.45, 7) is 5.70. The topological polar surface area (TPSA) is 60.5 Å². The molecule has 2 atom stereocenters. The molecular weight excluding hydrogens is 336 g/mol. The SMILES string of the molecule is CCc1c(C(=O)N[C@@H]2COCC[C@H]2OCc2ccccn2)csc1C. The summed E-state index contributed by atoms with van der Waals surface area (Å²) in [6, 6.07) is 5.62. The third-order valence-electron chi connectivity index (χ3n) is 4.48. The van der Waals surface area contributed by atoms with Gasteiger partial charge < -0.3 is 14.8 Å². The van der Waals surface area contributed by atoms with Crippen molar-refractivity contribution in [1.82, 2.24) is 10.3 Å². The van der Waals surface area contributed by atoms with E-state index >= 15 is 0 Å². The van der Waals surface area contributed by atoms with E-state index in [9.17, 15) is 4.79 Å². The zero-order valence-electron chi connectivity index (χ0n) is 14.7. The first-order valence-corrected chi connectivity index (χ1v) is 9.54. The quantitative estimate of drug-likeness (QED) is 0.860. The third-order valence-corrected chi connectivity index (χ3v) is 5.44. The van der Waals surface area contributed by atoms with E-state index in [-0.39, 0.29) is 18.1 Å². The Bertz CT molecular complexity index is 702. The van der Waals surface area contributed by atoms with Crippen molar-refractivity contribution in [2.24, 2.45) is 0 Å². The van der Waals surface area contributed by atoms with Crippen LogP contribution >= 0.6 is 11.3 Å². The van der Waals surface area contributed by atoms with E-state index in [4.69, 9.17) is 9.47 Å². The van der Waals surface area contributed by atoms with E-state index in [0.29, 0.717) is 19.8 Å². The molecule has 0 bridgehead atoms. The number of nitrogens with zero attached hydrogens (tertiary/aromatic N) is 1. The van der Waals surface area contributed by atoms with Crippen LogP contribution in [0.25, 0.3) is 0 Å². The lowest BCUT2D eigenvalue weighted by molar-refractivity contribution is -0.0612. The van der Waals surface area contributed by atoms with Crippen LogP contribution in [0.15, 0.2) is 29.8 Å². The summed E-state index contributed by atoms with van der Waals surface area (Å²) in [5.41, 5.74) is 2.80. The summed E-state index contributed by atoms with van der Waals surface area (Å²) in [4.78, 5) is 18.2. The highest BCUT2D eigenvalue weighted by molar-refractivity contribution is 7.10. The monoisotopic (exact) mass is 360 g/mol. The lowest BCUT2D eigenvalue weighted by Gasteiger charge is -2.32. The predicted molar refractivity (Wildman–Crippen MR) is 97.9 cm³/mol. The Morgan fingerprint density at radius 3 is 3.12 bits per heavy atom. The number of ether oxygens (including phenoxy) is 2. The first-order chi connectivity index (χ1) is 12.2. The molecule has 1 fully saturated rings. The van der Waals surface area contributed by atoms with Gasteiger partial charge in [0.25, 0.3) is 5.91 Å². The van der Waals surface area contributed by atoms with Crippen LogP contribution in [0, 0.1) is 6.92 Å². The molecule has 25 heavy (non-hydrogen) atoms. The largest absolute Gasteiger partial charge is 0.379 e. The molecule has 0 saturated carbocycles. The van der Waals surface area contributed by atoms with Gasteiger partial charge in [-0.2, -0.15) is 0 Å². The molecule has 5 nitrogen and oxygen atoms in total. The standard InChI is InChI=1S/C19H24N2O3S/c1-3-15-13(2)25-12-16(15)19(22)21-17-11-23-9-7-18(17)24-10-14-6-4-5-8-20-14/h4-6,8,12,17-18H,3,7,9-11H2,1-2H3,(H,21,22)/t17-,18-/m1/s1.